The Hall–Kier alpha value is 0.290. The number of rotatable bonds is 1. The fourth-order valence-corrected chi connectivity index (χ4v) is 1.28. The number of hydrogen-bond donors (Lipinski definition) is 1. The van der Waals surface area contributed by atoms with E-state index in [2.05, 4.69) is 5.32 Å². The van der Waals surface area contributed by atoms with Crippen LogP contribution in [0.4, 0.5) is 13.2 Å². The van der Waals surface area contributed by atoms with Crippen LogP contribution < -0.4 is 5.32 Å². The van der Waals surface area contributed by atoms with Gasteiger partial charge in [0.05, 0.1) is 0 Å². The number of piperazine rings is 1. The van der Waals surface area contributed by atoms with E-state index in [1.807, 2.05) is 0 Å². The second kappa shape index (κ2) is 6.71. The highest BCUT2D eigenvalue weighted by Gasteiger charge is 2.40. The van der Waals surface area contributed by atoms with Crippen molar-refractivity contribution in [3.63, 3.8) is 0 Å². The van der Waals surface area contributed by atoms with Crippen molar-refractivity contribution in [1.82, 2.24) is 10.2 Å². The molecule has 0 aromatic rings. The lowest BCUT2D eigenvalue weighted by Gasteiger charge is -2.33. The van der Waals surface area contributed by atoms with Crippen molar-refractivity contribution < 1.29 is 13.2 Å². The Morgan fingerprint density at radius 3 is 1.93 bits per heavy atom. The zero-order valence-corrected chi connectivity index (χ0v) is 9.44. The summed E-state index contributed by atoms with van der Waals surface area (Å²) < 4.78 is 36.5. The molecule has 0 aromatic heterocycles. The molecule has 1 fully saturated rings. The molecule has 1 saturated heterocycles. The third kappa shape index (κ3) is 4.68. The predicted molar refractivity (Wildman–Crippen MR) is 54.5 cm³/mol. The van der Waals surface area contributed by atoms with Gasteiger partial charge in [-0.3, -0.25) is 4.90 Å². The third-order valence-corrected chi connectivity index (χ3v) is 2.17. The largest absolute Gasteiger partial charge is 0.403 e. The Labute approximate surface area is 94.0 Å². The van der Waals surface area contributed by atoms with Gasteiger partial charge in [-0.1, -0.05) is 0 Å². The molecule has 1 aliphatic rings. The molecule has 2 nitrogen and oxygen atoms in total. The van der Waals surface area contributed by atoms with Crippen LogP contribution in [-0.2, 0) is 0 Å². The Morgan fingerprint density at radius 2 is 1.57 bits per heavy atom. The summed E-state index contributed by atoms with van der Waals surface area (Å²) in [6, 6.07) is -1.31. The Balaban J connectivity index is 0. The molecule has 14 heavy (non-hydrogen) atoms. The first-order valence-electron chi connectivity index (χ1n) is 4.03. The van der Waals surface area contributed by atoms with E-state index in [0.717, 1.165) is 0 Å². The lowest BCUT2D eigenvalue weighted by Crippen LogP contribution is -2.52. The minimum Gasteiger partial charge on any atom is -0.314 e. The summed E-state index contributed by atoms with van der Waals surface area (Å²) >= 11 is 0. The van der Waals surface area contributed by atoms with Crippen LogP contribution in [0.5, 0.6) is 0 Å². The highest BCUT2D eigenvalue weighted by atomic mass is 35.5. The van der Waals surface area contributed by atoms with Gasteiger partial charge in [-0.15, -0.1) is 24.8 Å². The quantitative estimate of drug-likeness (QED) is 0.767. The topological polar surface area (TPSA) is 15.3 Å². The number of nitrogens with one attached hydrogen (secondary N) is 1. The molecule has 88 valence electrons. The van der Waals surface area contributed by atoms with Crippen molar-refractivity contribution in [3.8, 4) is 0 Å². The molecule has 1 rings (SSSR count). The zero-order chi connectivity index (χ0) is 9.19. The normalized spacial score (nSPS) is 20.6. The van der Waals surface area contributed by atoms with Gasteiger partial charge in [-0.05, 0) is 6.92 Å². The van der Waals surface area contributed by atoms with E-state index in [-0.39, 0.29) is 24.8 Å². The summed E-state index contributed by atoms with van der Waals surface area (Å²) in [4.78, 5) is 1.45. The van der Waals surface area contributed by atoms with E-state index < -0.39 is 12.2 Å². The lowest BCUT2D eigenvalue weighted by atomic mass is 10.2. The fourth-order valence-electron chi connectivity index (χ4n) is 1.28. The minimum atomic E-state index is -4.09. The van der Waals surface area contributed by atoms with Gasteiger partial charge >= 0.3 is 6.18 Å². The maximum Gasteiger partial charge on any atom is 0.403 e. The number of alkyl halides is 3. The molecule has 0 radical (unpaired) electrons. The maximum atomic E-state index is 12.2. The first kappa shape index (κ1) is 16.7. The second-order valence-electron chi connectivity index (χ2n) is 3.00. The SMILES string of the molecule is C[C@H](N1CCNCC1)C(F)(F)F.Cl.Cl. The highest BCUT2D eigenvalue weighted by molar-refractivity contribution is 5.85. The summed E-state index contributed by atoms with van der Waals surface area (Å²) in [6.07, 6.45) is -4.09. The van der Waals surface area contributed by atoms with Gasteiger partial charge in [-0.2, -0.15) is 13.2 Å². The van der Waals surface area contributed by atoms with Crippen LogP contribution in [0.25, 0.3) is 0 Å². The molecule has 0 aromatic carbocycles. The smallest absolute Gasteiger partial charge is 0.314 e. The van der Waals surface area contributed by atoms with Crippen molar-refractivity contribution >= 4 is 24.8 Å². The van der Waals surface area contributed by atoms with Crippen molar-refractivity contribution in [2.75, 3.05) is 26.2 Å². The molecule has 1 heterocycles. The molecule has 7 heteroatoms. The van der Waals surface area contributed by atoms with Gasteiger partial charge in [0.1, 0.15) is 6.04 Å². The van der Waals surface area contributed by atoms with Gasteiger partial charge < -0.3 is 5.32 Å². The minimum absolute atomic E-state index is 0. The zero-order valence-electron chi connectivity index (χ0n) is 7.80. The van der Waals surface area contributed by atoms with Gasteiger partial charge in [0.15, 0.2) is 0 Å². The van der Waals surface area contributed by atoms with E-state index in [1.54, 1.807) is 0 Å². The molecular weight excluding hydrogens is 240 g/mol. The first-order valence-corrected chi connectivity index (χ1v) is 4.03. The predicted octanol–water partition coefficient (Wildman–Crippen LogP) is 1.69. The average molecular weight is 255 g/mol. The Kier molecular flexibility index (Phi) is 8.01. The molecule has 0 aliphatic carbocycles. The fraction of sp³-hybridized carbons (Fsp3) is 1.00. The van der Waals surface area contributed by atoms with Crippen LogP contribution in [0.15, 0.2) is 0 Å². The van der Waals surface area contributed by atoms with Gasteiger partial charge in [0, 0.05) is 26.2 Å². The standard InChI is InChI=1S/C7H13F3N2.2ClH/c1-6(7(8,9)10)12-4-2-11-3-5-12;;/h6,11H,2-5H2,1H3;2*1H/t6-;;/m0../s1. The molecule has 1 N–H and O–H groups in total. The van der Waals surface area contributed by atoms with Crippen LogP contribution >= 0.6 is 24.8 Å². The number of halogens is 5. The first-order chi connectivity index (χ1) is 5.52. The molecule has 0 spiro atoms. The van der Waals surface area contributed by atoms with E-state index in [0.29, 0.717) is 26.2 Å². The molecule has 0 amide bonds. The van der Waals surface area contributed by atoms with E-state index in [9.17, 15) is 13.2 Å². The summed E-state index contributed by atoms with van der Waals surface area (Å²) in [6.45, 7) is 3.49. The average Bonchev–Trinajstić information content (AvgIpc) is 2.03. The van der Waals surface area contributed by atoms with E-state index >= 15 is 0 Å². The number of hydrogen-bond acceptors (Lipinski definition) is 2. The summed E-state index contributed by atoms with van der Waals surface area (Å²) in [5.74, 6) is 0. The molecule has 1 atom stereocenters. The molecular formula is C7H15Cl2F3N2. The second-order valence-corrected chi connectivity index (χ2v) is 3.00. The molecule has 1 aliphatic heterocycles. The lowest BCUT2D eigenvalue weighted by molar-refractivity contribution is -0.179. The van der Waals surface area contributed by atoms with Gasteiger partial charge in [0.2, 0.25) is 0 Å². The van der Waals surface area contributed by atoms with Crippen molar-refractivity contribution in [2.24, 2.45) is 0 Å². The summed E-state index contributed by atoms with van der Waals surface area (Å²) in [5.41, 5.74) is 0. The maximum absolute atomic E-state index is 12.2. The molecule has 0 unspecified atom stereocenters. The van der Waals surface area contributed by atoms with Gasteiger partial charge in [-0.25, -0.2) is 0 Å². The molecule has 0 bridgehead atoms. The summed E-state index contributed by atoms with van der Waals surface area (Å²) in [7, 11) is 0. The highest BCUT2D eigenvalue weighted by Crippen LogP contribution is 2.24. The molecule has 0 saturated carbocycles. The van der Waals surface area contributed by atoms with Crippen LogP contribution in [0.1, 0.15) is 6.92 Å². The Bertz CT molecular complexity index is 148. The van der Waals surface area contributed by atoms with Crippen LogP contribution in [0.3, 0.4) is 0 Å². The third-order valence-electron chi connectivity index (χ3n) is 2.17. The van der Waals surface area contributed by atoms with Crippen LogP contribution in [0, 0.1) is 0 Å². The Morgan fingerprint density at radius 1 is 1.14 bits per heavy atom. The van der Waals surface area contributed by atoms with Crippen molar-refractivity contribution in [3.05, 3.63) is 0 Å². The summed E-state index contributed by atoms with van der Waals surface area (Å²) in [5, 5.41) is 3.01. The van der Waals surface area contributed by atoms with Crippen LogP contribution in [0.2, 0.25) is 0 Å². The van der Waals surface area contributed by atoms with E-state index in [4.69, 9.17) is 0 Å². The van der Waals surface area contributed by atoms with Crippen molar-refractivity contribution in [2.45, 2.75) is 19.1 Å². The number of nitrogens with zero attached hydrogens (tertiary/aromatic N) is 1. The van der Waals surface area contributed by atoms with Crippen molar-refractivity contribution in [1.29, 1.82) is 0 Å². The van der Waals surface area contributed by atoms with Crippen LogP contribution in [-0.4, -0.2) is 43.3 Å². The van der Waals surface area contributed by atoms with Gasteiger partial charge in [0.25, 0.3) is 0 Å². The monoisotopic (exact) mass is 254 g/mol. The van der Waals surface area contributed by atoms with E-state index in [1.165, 1.54) is 11.8 Å².